The van der Waals surface area contributed by atoms with E-state index >= 15 is 0 Å². The molecule has 0 spiro atoms. The zero-order chi connectivity index (χ0) is 19.1. The summed E-state index contributed by atoms with van der Waals surface area (Å²) in [5.74, 6) is 0.333. The van der Waals surface area contributed by atoms with Crippen LogP contribution in [0.3, 0.4) is 0 Å². The summed E-state index contributed by atoms with van der Waals surface area (Å²) < 4.78 is 15.8. The summed E-state index contributed by atoms with van der Waals surface area (Å²) in [6, 6.07) is 13.6. The Bertz CT molecular complexity index is 982. The van der Waals surface area contributed by atoms with E-state index in [0.717, 1.165) is 53.7 Å². The highest BCUT2D eigenvalue weighted by atomic mass is 19.1. The third kappa shape index (κ3) is 3.14. The standard InChI is InChI=1S/C23H25FN2O/c1-15-8-9-17(13-20(15)24)12-18-10-11-26(14-18)23(27)22-16(2)19-6-4-5-7-21(19)25(22)3/h4-9,13,18H,10-12,14H2,1-3H3. The molecule has 0 saturated carbocycles. The summed E-state index contributed by atoms with van der Waals surface area (Å²) in [6.07, 6.45) is 1.78. The maximum absolute atomic E-state index is 13.8. The molecule has 1 atom stereocenters. The second-order valence-electron chi connectivity index (χ2n) is 7.74. The van der Waals surface area contributed by atoms with Gasteiger partial charge in [0.25, 0.3) is 5.91 Å². The van der Waals surface area contributed by atoms with Crippen LogP contribution in [0.4, 0.5) is 4.39 Å². The molecule has 1 aromatic heterocycles. The highest BCUT2D eigenvalue weighted by Crippen LogP contribution is 2.28. The third-order valence-electron chi connectivity index (χ3n) is 5.90. The molecule has 4 rings (SSSR count). The second kappa shape index (κ2) is 6.84. The van der Waals surface area contributed by atoms with Gasteiger partial charge in [0.1, 0.15) is 11.5 Å². The molecule has 3 nitrogen and oxygen atoms in total. The number of hydrogen-bond donors (Lipinski definition) is 0. The molecule has 1 aliphatic rings. The first-order chi connectivity index (χ1) is 13.0. The molecule has 27 heavy (non-hydrogen) atoms. The van der Waals surface area contributed by atoms with Crippen molar-refractivity contribution < 1.29 is 9.18 Å². The highest BCUT2D eigenvalue weighted by molar-refractivity contribution is 6.01. The molecular formula is C23H25FN2O. The topological polar surface area (TPSA) is 25.2 Å². The Morgan fingerprint density at radius 3 is 2.70 bits per heavy atom. The molecule has 0 N–H and O–H groups in total. The minimum atomic E-state index is -0.149. The molecule has 1 aliphatic heterocycles. The van der Waals surface area contributed by atoms with E-state index in [-0.39, 0.29) is 11.7 Å². The fourth-order valence-electron chi connectivity index (χ4n) is 4.32. The Morgan fingerprint density at radius 2 is 1.96 bits per heavy atom. The average molecular weight is 364 g/mol. The van der Waals surface area contributed by atoms with Crippen molar-refractivity contribution in [1.29, 1.82) is 0 Å². The molecule has 0 radical (unpaired) electrons. The number of likely N-dealkylation sites (tertiary alicyclic amines) is 1. The summed E-state index contributed by atoms with van der Waals surface area (Å²) in [7, 11) is 1.96. The van der Waals surface area contributed by atoms with Crippen LogP contribution in [0.25, 0.3) is 10.9 Å². The number of benzene rings is 2. The summed E-state index contributed by atoms with van der Waals surface area (Å²) >= 11 is 0. The molecule has 0 bridgehead atoms. The number of rotatable bonds is 3. The van der Waals surface area contributed by atoms with Gasteiger partial charge in [-0.2, -0.15) is 0 Å². The van der Waals surface area contributed by atoms with Gasteiger partial charge in [-0.15, -0.1) is 0 Å². The van der Waals surface area contributed by atoms with E-state index in [4.69, 9.17) is 0 Å². The van der Waals surface area contributed by atoms with Crippen molar-refractivity contribution in [2.24, 2.45) is 13.0 Å². The number of amides is 1. The van der Waals surface area contributed by atoms with Crippen molar-refractivity contribution in [1.82, 2.24) is 9.47 Å². The van der Waals surface area contributed by atoms with Crippen LogP contribution in [0.2, 0.25) is 0 Å². The molecule has 4 heteroatoms. The van der Waals surface area contributed by atoms with Gasteiger partial charge in [-0.05, 0) is 61.4 Å². The van der Waals surface area contributed by atoms with Crippen molar-refractivity contribution in [3.8, 4) is 0 Å². The molecule has 140 valence electrons. The van der Waals surface area contributed by atoms with Gasteiger partial charge in [-0.1, -0.05) is 30.3 Å². The third-order valence-corrected chi connectivity index (χ3v) is 5.90. The lowest BCUT2D eigenvalue weighted by Gasteiger charge is -2.18. The van der Waals surface area contributed by atoms with Gasteiger partial charge in [0, 0.05) is 31.0 Å². The molecule has 2 aromatic carbocycles. The smallest absolute Gasteiger partial charge is 0.270 e. The molecule has 3 aromatic rings. The minimum absolute atomic E-state index is 0.101. The summed E-state index contributed by atoms with van der Waals surface area (Å²) in [5.41, 5.74) is 4.59. The summed E-state index contributed by atoms with van der Waals surface area (Å²) in [4.78, 5) is 15.2. The molecule has 1 unspecified atom stereocenters. The van der Waals surface area contributed by atoms with Gasteiger partial charge in [0.05, 0.1) is 0 Å². The first-order valence-corrected chi connectivity index (χ1v) is 9.54. The lowest BCUT2D eigenvalue weighted by Crippen LogP contribution is -2.31. The van der Waals surface area contributed by atoms with E-state index in [9.17, 15) is 9.18 Å². The summed E-state index contributed by atoms with van der Waals surface area (Å²) in [5, 5.41) is 1.13. The van der Waals surface area contributed by atoms with Gasteiger partial charge in [-0.3, -0.25) is 4.79 Å². The normalized spacial score (nSPS) is 17.0. The molecule has 1 fully saturated rings. The van der Waals surface area contributed by atoms with Crippen molar-refractivity contribution in [3.05, 3.63) is 70.7 Å². The number of carbonyl (C=O) groups excluding carboxylic acids is 1. The first-order valence-electron chi connectivity index (χ1n) is 9.54. The first kappa shape index (κ1) is 17.8. The van der Waals surface area contributed by atoms with Crippen molar-refractivity contribution in [2.45, 2.75) is 26.7 Å². The van der Waals surface area contributed by atoms with E-state index < -0.39 is 0 Å². The molecule has 1 saturated heterocycles. The number of para-hydroxylation sites is 1. The van der Waals surface area contributed by atoms with E-state index in [1.54, 1.807) is 13.0 Å². The largest absolute Gasteiger partial charge is 0.339 e. The molecule has 0 aliphatic carbocycles. The Morgan fingerprint density at radius 1 is 1.19 bits per heavy atom. The number of nitrogens with zero attached hydrogens (tertiary/aromatic N) is 2. The van der Waals surface area contributed by atoms with E-state index in [1.807, 2.05) is 47.7 Å². The Labute approximate surface area is 159 Å². The molecule has 1 amide bonds. The van der Waals surface area contributed by atoms with Crippen LogP contribution in [-0.4, -0.2) is 28.5 Å². The summed E-state index contributed by atoms with van der Waals surface area (Å²) in [6.45, 7) is 5.30. The fraction of sp³-hybridized carbons (Fsp3) is 0.348. The monoisotopic (exact) mass is 364 g/mol. The Balaban J connectivity index is 1.52. The van der Waals surface area contributed by atoms with Crippen LogP contribution in [-0.2, 0) is 13.5 Å². The number of aromatic nitrogens is 1. The van der Waals surface area contributed by atoms with Crippen LogP contribution in [0.1, 0.15) is 33.6 Å². The molecular weight excluding hydrogens is 339 g/mol. The van der Waals surface area contributed by atoms with E-state index in [0.29, 0.717) is 11.5 Å². The zero-order valence-electron chi connectivity index (χ0n) is 16.1. The van der Waals surface area contributed by atoms with Crippen molar-refractivity contribution >= 4 is 16.8 Å². The van der Waals surface area contributed by atoms with E-state index in [2.05, 4.69) is 12.1 Å². The molecule has 2 heterocycles. The highest BCUT2D eigenvalue weighted by Gasteiger charge is 2.30. The van der Waals surface area contributed by atoms with Gasteiger partial charge in [0.2, 0.25) is 0 Å². The maximum atomic E-state index is 13.8. The lowest BCUT2D eigenvalue weighted by atomic mass is 9.98. The number of aryl methyl sites for hydroxylation is 3. The minimum Gasteiger partial charge on any atom is -0.339 e. The average Bonchev–Trinajstić information content (AvgIpc) is 3.22. The number of fused-ring (bicyclic) bond motifs is 1. The Hall–Kier alpha value is -2.62. The van der Waals surface area contributed by atoms with Gasteiger partial charge < -0.3 is 9.47 Å². The predicted octanol–water partition coefficient (Wildman–Crippen LogP) is 4.64. The number of hydrogen-bond acceptors (Lipinski definition) is 1. The quantitative estimate of drug-likeness (QED) is 0.665. The van der Waals surface area contributed by atoms with E-state index in [1.165, 1.54) is 0 Å². The second-order valence-corrected chi connectivity index (χ2v) is 7.74. The zero-order valence-corrected chi connectivity index (χ0v) is 16.1. The van der Waals surface area contributed by atoms with Crippen LogP contribution in [0.5, 0.6) is 0 Å². The van der Waals surface area contributed by atoms with Crippen LogP contribution in [0.15, 0.2) is 42.5 Å². The predicted molar refractivity (Wildman–Crippen MR) is 107 cm³/mol. The maximum Gasteiger partial charge on any atom is 0.270 e. The van der Waals surface area contributed by atoms with Gasteiger partial charge >= 0.3 is 0 Å². The SMILES string of the molecule is Cc1ccc(CC2CCN(C(=O)c3c(C)c4ccccc4n3C)C2)cc1F. The van der Waals surface area contributed by atoms with Crippen LogP contribution in [0, 0.1) is 25.6 Å². The van der Waals surface area contributed by atoms with Crippen molar-refractivity contribution in [3.63, 3.8) is 0 Å². The van der Waals surface area contributed by atoms with Gasteiger partial charge in [0.15, 0.2) is 0 Å². The van der Waals surface area contributed by atoms with Crippen molar-refractivity contribution in [2.75, 3.05) is 13.1 Å². The van der Waals surface area contributed by atoms with Crippen LogP contribution < -0.4 is 0 Å². The van der Waals surface area contributed by atoms with Gasteiger partial charge in [-0.25, -0.2) is 4.39 Å². The fourth-order valence-corrected chi connectivity index (χ4v) is 4.32. The number of carbonyl (C=O) groups is 1. The lowest BCUT2D eigenvalue weighted by molar-refractivity contribution is 0.0777. The van der Waals surface area contributed by atoms with Crippen LogP contribution >= 0.6 is 0 Å². The number of halogens is 1. The Kier molecular flexibility index (Phi) is 4.50.